The van der Waals surface area contributed by atoms with Crippen molar-refractivity contribution in [2.24, 2.45) is 0 Å². The van der Waals surface area contributed by atoms with E-state index in [1.54, 1.807) is 31.6 Å². The number of aryl methyl sites for hydroxylation is 1. The quantitative estimate of drug-likeness (QED) is 0.600. The van der Waals surface area contributed by atoms with Crippen LogP contribution in [0.5, 0.6) is 11.5 Å². The lowest BCUT2D eigenvalue weighted by Crippen LogP contribution is -2.12. The molecule has 0 saturated carbocycles. The van der Waals surface area contributed by atoms with Gasteiger partial charge in [-0.3, -0.25) is 14.8 Å². The van der Waals surface area contributed by atoms with E-state index in [1.165, 1.54) is 7.11 Å². The van der Waals surface area contributed by atoms with Gasteiger partial charge in [-0.15, -0.1) is 0 Å². The molecular formula is C20H18N4O3. The zero-order valence-corrected chi connectivity index (χ0v) is 15.2. The predicted molar refractivity (Wildman–Crippen MR) is 103 cm³/mol. The molecule has 4 rings (SSSR count). The largest absolute Gasteiger partial charge is 0.493 e. The summed E-state index contributed by atoms with van der Waals surface area (Å²) < 4.78 is 10.6. The first-order valence-electron chi connectivity index (χ1n) is 8.44. The second kappa shape index (κ2) is 6.68. The molecule has 0 aliphatic carbocycles. The number of H-pyrrole nitrogens is 1. The molecule has 0 spiro atoms. The van der Waals surface area contributed by atoms with E-state index in [1.807, 2.05) is 19.1 Å². The summed E-state index contributed by atoms with van der Waals surface area (Å²) in [4.78, 5) is 28.8. The van der Waals surface area contributed by atoms with Crippen molar-refractivity contribution in [3.8, 4) is 11.5 Å². The van der Waals surface area contributed by atoms with Crippen LogP contribution in [0.3, 0.4) is 0 Å². The number of methoxy groups -OCH3 is 2. The van der Waals surface area contributed by atoms with Crippen molar-refractivity contribution in [2.75, 3.05) is 14.2 Å². The number of hydrogen-bond donors (Lipinski definition) is 1. The molecule has 0 unspecified atom stereocenters. The second-order valence-corrected chi connectivity index (χ2v) is 6.25. The highest BCUT2D eigenvalue weighted by molar-refractivity contribution is 5.82. The Kier molecular flexibility index (Phi) is 4.19. The molecule has 0 radical (unpaired) electrons. The Morgan fingerprint density at radius 1 is 1.04 bits per heavy atom. The maximum Gasteiger partial charge on any atom is 0.258 e. The molecule has 0 atom stereocenters. The number of nitrogens with one attached hydrogen (secondary N) is 1. The van der Waals surface area contributed by atoms with Crippen LogP contribution in [-0.4, -0.2) is 34.2 Å². The fourth-order valence-corrected chi connectivity index (χ4v) is 3.09. The van der Waals surface area contributed by atoms with Crippen LogP contribution >= 0.6 is 0 Å². The lowest BCUT2D eigenvalue weighted by molar-refractivity contribution is 0.355. The first-order valence-corrected chi connectivity index (χ1v) is 8.44. The van der Waals surface area contributed by atoms with E-state index in [4.69, 9.17) is 9.47 Å². The summed E-state index contributed by atoms with van der Waals surface area (Å²) in [6.07, 6.45) is 3.99. The topological polar surface area (TPSA) is 90.0 Å². The van der Waals surface area contributed by atoms with Crippen LogP contribution in [0, 0.1) is 6.92 Å². The minimum absolute atomic E-state index is 0.223. The molecule has 3 aromatic heterocycles. The van der Waals surface area contributed by atoms with E-state index in [9.17, 15) is 4.79 Å². The number of pyridine rings is 2. The number of benzene rings is 1. The summed E-state index contributed by atoms with van der Waals surface area (Å²) in [5.74, 6) is 1.57. The lowest BCUT2D eigenvalue weighted by atomic mass is 10.1. The van der Waals surface area contributed by atoms with Gasteiger partial charge < -0.3 is 14.5 Å². The van der Waals surface area contributed by atoms with Crippen LogP contribution in [0.2, 0.25) is 0 Å². The lowest BCUT2D eigenvalue weighted by Gasteiger charge is -2.09. The molecule has 0 fully saturated rings. The normalized spacial score (nSPS) is 11.1. The Balaban J connectivity index is 1.77. The summed E-state index contributed by atoms with van der Waals surface area (Å²) in [5.41, 5.74) is 4.02. The van der Waals surface area contributed by atoms with Crippen LogP contribution in [0.15, 0.2) is 41.5 Å². The first-order chi connectivity index (χ1) is 13.1. The Morgan fingerprint density at radius 2 is 1.81 bits per heavy atom. The molecule has 7 heteroatoms. The Morgan fingerprint density at radius 3 is 2.59 bits per heavy atom. The highest BCUT2D eigenvalue weighted by Gasteiger charge is 2.12. The number of aromatic nitrogens is 4. The molecule has 1 N–H and O–H groups in total. The van der Waals surface area contributed by atoms with Crippen LogP contribution < -0.4 is 15.0 Å². The fourth-order valence-electron chi connectivity index (χ4n) is 3.09. The Bertz CT molecular complexity index is 1220. The van der Waals surface area contributed by atoms with E-state index in [0.29, 0.717) is 34.6 Å². The van der Waals surface area contributed by atoms with Gasteiger partial charge in [-0.25, -0.2) is 4.98 Å². The van der Waals surface area contributed by atoms with E-state index >= 15 is 0 Å². The van der Waals surface area contributed by atoms with Gasteiger partial charge in [0, 0.05) is 24.9 Å². The van der Waals surface area contributed by atoms with Gasteiger partial charge in [0.15, 0.2) is 11.5 Å². The molecule has 7 nitrogen and oxygen atoms in total. The molecule has 3 heterocycles. The van der Waals surface area contributed by atoms with Gasteiger partial charge in [0.05, 0.1) is 36.2 Å². The standard InChI is InChI=1S/C20H18N4O3/c1-11-4-5-21-15-6-12(10-22-19(11)15)7-18-23-14-9-17(27-3)16(26-2)8-13(14)20(25)24-18/h4-6,8-10H,7H2,1-3H3,(H,23,24,25). The number of aromatic amines is 1. The van der Waals surface area contributed by atoms with Gasteiger partial charge in [-0.1, -0.05) is 0 Å². The van der Waals surface area contributed by atoms with Gasteiger partial charge >= 0.3 is 0 Å². The van der Waals surface area contributed by atoms with Gasteiger partial charge in [-0.05, 0) is 36.2 Å². The van der Waals surface area contributed by atoms with Crippen molar-refractivity contribution in [3.05, 3.63) is 64.0 Å². The average Bonchev–Trinajstić information content (AvgIpc) is 2.67. The second-order valence-electron chi connectivity index (χ2n) is 6.25. The maximum absolute atomic E-state index is 12.5. The van der Waals surface area contributed by atoms with Crippen LogP contribution in [0.1, 0.15) is 17.0 Å². The highest BCUT2D eigenvalue weighted by Crippen LogP contribution is 2.30. The third-order valence-electron chi connectivity index (χ3n) is 4.47. The Hall–Kier alpha value is -3.48. The first kappa shape index (κ1) is 17.0. The summed E-state index contributed by atoms with van der Waals surface area (Å²) in [6.45, 7) is 2.00. The van der Waals surface area contributed by atoms with E-state index in [0.717, 1.165) is 22.2 Å². The number of fused-ring (bicyclic) bond motifs is 2. The predicted octanol–water partition coefficient (Wildman–Crippen LogP) is 2.78. The Labute approximate surface area is 155 Å². The number of nitrogens with zero attached hydrogens (tertiary/aromatic N) is 3. The van der Waals surface area contributed by atoms with Gasteiger partial charge in [0.2, 0.25) is 0 Å². The summed E-state index contributed by atoms with van der Waals surface area (Å²) in [7, 11) is 3.08. The fraction of sp³-hybridized carbons (Fsp3) is 0.200. The van der Waals surface area contributed by atoms with Crippen LogP contribution in [0.25, 0.3) is 21.9 Å². The summed E-state index contributed by atoms with van der Waals surface area (Å²) in [6, 6.07) is 7.23. The minimum Gasteiger partial charge on any atom is -0.493 e. The van der Waals surface area contributed by atoms with Crippen LogP contribution in [-0.2, 0) is 6.42 Å². The van der Waals surface area contributed by atoms with Crippen molar-refractivity contribution in [3.63, 3.8) is 0 Å². The molecule has 0 amide bonds. The number of ether oxygens (including phenoxy) is 2. The van der Waals surface area contributed by atoms with Gasteiger partial charge in [0.25, 0.3) is 5.56 Å². The van der Waals surface area contributed by atoms with Gasteiger partial charge in [-0.2, -0.15) is 0 Å². The molecule has 0 saturated heterocycles. The SMILES string of the molecule is COc1cc2nc(Cc3cnc4c(C)ccnc4c3)[nH]c(=O)c2cc1OC. The van der Waals surface area contributed by atoms with Gasteiger partial charge in [0.1, 0.15) is 5.82 Å². The van der Waals surface area contributed by atoms with Crippen molar-refractivity contribution >= 4 is 21.9 Å². The van der Waals surface area contributed by atoms with E-state index in [2.05, 4.69) is 19.9 Å². The number of hydrogen-bond acceptors (Lipinski definition) is 6. The molecule has 136 valence electrons. The zero-order valence-electron chi connectivity index (χ0n) is 15.2. The third-order valence-corrected chi connectivity index (χ3v) is 4.47. The number of rotatable bonds is 4. The van der Waals surface area contributed by atoms with Crippen molar-refractivity contribution in [2.45, 2.75) is 13.3 Å². The summed E-state index contributed by atoms with van der Waals surface area (Å²) >= 11 is 0. The third kappa shape index (κ3) is 3.08. The molecule has 1 aromatic carbocycles. The maximum atomic E-state index is 12.5. The van der Waals surface area contributed by atoms with Crippen LogP contribution in [0.4, 0.5) is 0 Å². The van der Waals surface area contributed by atoms with E-state index < -0.39 is 0 Å². The highest BCUT2D eigenvalue weighted by atomic mass is 16.5. The molecule has 0 aliphatic heterocycles. The smallest absolute Gasteiger partial charge is 0.258 e. The molecule has 4 aromatic rings. The summed E-state index contributed by atoms with van der Waals surface area (Å²) in [5, 5.41) is 0.449. The van der Waals surface area contributed by atoms with Crippen molar-refractivity contribution in [1.82, 2.24) is 19.9 Å². The molecular weight excluding hydrogens is 344 g/mol. The molecule has 0 aliphatic rings. The van der Waals surface area contributed by atoms with Crippen molar-refractivity contribution in [1.29, 1.82) is 0 Å². The average molecular weight is 362 g/mol. The minimum atomic E-state index is -0.223. The van der Waals surface area contributed by atoms with E-state index in [-0.39, 0.29) is 5.56 Å². The zero-order chi connectivity index (χ0) is 19.0. The molecule has 0 bridgehead atoms. The monoisotopic (exact) mass is 362 g/mol. The molecule has 27 heavy (non-hydrogen) atoms. The van der Waals surface area contributed by atoms with Crippen molar-refractivity contribution < 1.29 is 9.47 Å².